The molecule has 0 N–H and O–H groups in total. The number of hydrogen-bond donors (Lipinski definition) is 0. The molecule has 0 saturated carbocycles. The van der Waals surface area contributed by atoms with Gasteiger partial charge in [0.25, 0.3) is 5.91 Å². The number of aryl methyl sites for hydroxylation is 1. The smallest absolute Gasteiger partial charge is 0.255 e. The van der Waals surface area contributed by atoms with Gasteiger partial charge in [0.2, 0.25) is 0 Å². The molecule has 0 unspecified atom stereocenters. The van der Waals surface area contributed by atoms with Crippen molar-refractivity contribution in [2.75, 3.05) is 6.54 Å². The summed E-state index contributed by atoms with van der Waals surface area (Å²) in [5.41, 5.74) is 4.54. The third-order valence-electron chi connectivity index (χ3n) is 4.58. The third kappa shape index (κ3) is 2.38. The molecule has 4 heteroatoms. The highest BCUT2D eigenvalue weighted by atomic mass is 79.9. The fraction of sp³-hybridized carbons (Fsp3) is 0.211. The number of carbonyl (C=O) groups is 1. The quantitative estimate of drug-likeness (QED) is 0.633. The zero-order valence-corrected chi connectivity index (χ0v) is 14.5. The van der Waals surface area contributed by atoms with Crippen LogP contribution in [0, 0.1) is 0 Å². The van der Waals surface area contributed by atoms with Gasteiger partial charge in [-0.3, -0.25) is 4.79 Å². The van der Waals surface area contributed by atoms with Crippen LogP contribution in [0.1, 0.15) is 21.5 Å². The van der Waals surface area contributed by atoms with Crippen molar-refractivity contribution in [3.05, 3.63) is 69.8 Å². The summed E-state index contributed by atoms with van der Waals surface area (Å²) in [5.74, 6) is 0.0870. The Kier molecular flexibility index (Phi) is 3.49. The number of halogens is 1. The molecule has 0 radical (unpaired) electrons. The molecular weight excluding hydrogens is 352 g/mol. The molecule has 0 atom stereocenters. The minimum Gasteiger partial charge on any atom is -0.350 e. The van der Waals surface area contributed by atoms with E-state index in [9.17, 15) is 4.79 Å². The molecule has 2 heterocycles. The van der Waals surface area contributed by atoms with Gasteiger partial charge >= 0.3 is 0 Å². The second-order valence-corrected chi connectivity index (χ2v) is 6.89. The lowest BCUT2D eigenvalue weighted by molar-refractivity contribution is 0.0747. The van der Waals surface area contributed by atoms with Crippen molar-refractivity contribution in [2.45, 2.75) is 13.0 Å². The Labute approximate surface area is 143 Å². The Morgan fingerprint density at radius 3 is 2.74 bits per heavy atom. The monoisotopic (exact) mass is 368 g/mol. The van der Waals surface area contributed by atoms with Gasteiger partial charge in [-0.25, -0.2) is 0 Å². The second kappa shape index (κ2) is 5.53. The third-order valence-corrected chi connectivity index (χ3v) is 5.27. The summed E-state index contributed by atoms with van der Waals surface area (Å²) < 4.78 is 3.03. The van der Waals surface area contributed by atoms with E-state index in [1.165, 1.54) is 22.0 Å². The van der Waals surface area contributed by atoms with E-state index in [1.54, 1.807) is 0 Å². The van der Waals surface area contributed by atoms with Crippen LogP contribution in [0.3, 0.4) is 0 Å². The summed E-state index contributed by atoms with van der Waals surface area (Å²) in [6, 6.07) is 14.0. The second-order valence-electron chi connectivity index (χ2n) is 6.03. The summed E-state index contributed by atoms with van der Waals surface area (Å²) in [4.78, 5) is 14.9. The highest BCUT2D eigenvalue weighted by molar-refractivity contribution is 9.10. The summed E-state index contributed by atoms with van der Waals surface area (Å²) in [5, 5.41) is 1.32. The molecular formula is C19H17BrN2O. The first-order chi connectivity index (χ1) is 11.1. The Morgan fingerprint density at radius 2 is 1.91 bits per heavy atom. The van der Waals surface area contributed by atoms with Crippen LogP contribution in [0.15, 0.2) is 53.1 Å². The topological polar surface area (TPSA) is 25.2 Å². The maximum Gasteiger partial charge on any atom is 0.255 e. The SMILES string of the molecule is Cn1cc2c3c(cccc31)CN(C(=O)c1ccccc1Br)CC2. The van der Waals surface area contributed by atoms with Crippen LogP contribution in [0.25, 0.3) is 10.9 Å². The van der Waals surface area contributed by atoms with Crippen LogP contribution in [0.5, 0.6) is 0 Å². The van der Waals surface area contributed by atoms with Gasteiger partial charge in [-0.1, -0.05) is 24.3 Å². The summed E-state index contributed by atoms with van der Waals surface area (Å²) >= 11 is 3.49. The predicted octanol–water partition coefficient (Wildman–Crippen LogP) is 4.14. The van der Waals surface area contributed by atoms with Gasteiger partial charge in [0, 0.05) is 41.7 Å². The molecule has 0 saturated heterocycles. The molecule has 0 bridgehead atoms. The lowest BCUT2D eigenvalue weighted by Gasteiger charge is -2.22. The van der Waals surface area contributed by atoms with E-state index in [0.717, 1.165) is 23.0 Å². The van der Waals surface area contributed by atoms with E-state index in [-0.39, 0.29) is 5.91 Å². The first kappa shape index (κ1) is 14.5. The molecule has 4 rings (SSSR count). The Hall–Kier alpha value is -2.07. The standard InChI is InChI=1S/C19H17BrN2O/c1-21-11-14-9-10-22(12-13-5-4-8-17(21)18(13)14)19(23)15-6-2-3-7-16(15)20/h2-8,11H,9-10,12H2,1H3. The summed E-state index contributed by atoms with van der Waals surface area (Å²) in [6.45, 7) is 1.41. The molecule has 0 fully saturated rings. The van der Waals surface area contributed by atoms with Gasteiger partial charge in [0.05, 0.1) is 5.56 Å². The molecule has 116 valence electrons. The van der Waals surface area contributed by atoms with Crippen LogP contribution in [0.4, 0.5) is 0 Å². The largest absolute Gasteiger partial charge is 0.350 e. The van der Waals surface area contributed by atoms with Crippen molar-refractivity contribution in [3.63, 3.8) is 0 Å². The molecule has 3 aromatic rings. The molecule has 1 amide bonds. The molecule has 2 aromatic carbocycles. The molecule has 1 aliphatic heterocycles. The normalized spacial score (nSPS) is 14.1. The Balaban J connectivity index is 1.74. The van der Waals surface area contributed by atoms with E-state index in [0.29, 0.717) is 6.54 Å². The van der Waals surface area contributed by atoms with Gasteiger partial charge in [-0.05, 0) is 51.7 Å². The first-order valence-electron chi connectivity index (χ1n) is 7.75. The van der Waals surface area contributed by atoms with Crippen LogP contribution in [-0.2, 0) is 20.0 Å². The maximum absolute atomic E-state index is 12.9. The molecule has 23 heavy (non-hydrogen) atoms. The van der Waals surface area contributed by atoms with Gasteiger partial charge in [0.1, 0.15) is 0 Å². The molecule has 1 aromatic heterocycles. The van der Waals surface area contributed by atoms with Crippen LogP contribution in [0.2, 0.25) is 0 Å². The molecule has 0 spiro atoms. The maximum atomic E-state index is 12.9. The van der Waals surface area contributed by atoms with E-state index in [1.807, 2.05) is 29.2 Å². The average Bonchev–Trinajstić information content (AvgIpc) is 2.76. The van der Waals surface area contributed by atoms with E-state index in [4.69, 9.17) is 0 Å². The summed E-state index contributed by atoms with van der Waals surface area (Å²) in [7, 11) is 2.08. The zero-order valence-electron chi connectivity index (χ0n) is 12.9. The van der Waals surface area contributed by atoms with Crippen molar-refractivity contribution in [2.24, 2.45) is 7.05 Å². The number of carbonyl (C=O) groups excluding carboxylic acids is 1. The van der Waals surface area contributed by atoms with E-state index in [2.05, 4.69) is 51.9 Å². The van der Waals surface area contributed by atoms with E-state index < -0.39 is 0 Å². The number of rotatable bonds is 1. The van der Waals surface area contributed by atoms with Crippen molar-refractivity contribution >= 4 is 32.7 Å². The van der Waals surface area contributed by atoms with E-state index >= 15 is 0 Å². The van der Waals surface area contributed by atoms with Crippen molar-refractivity contribution < 1.29 is 4.79 Å². The average molecular weight is 369 g/mol. The van der Waals surface area contributed by atoms with Crippen LogP contribution < -0.4 is 0 Å². The van der Waals surface area contributed by atoms with Gasteiger partial charge in [0.15, 0.2) is 0 Å². The Bertz CT molecular complexity index is 913. The highest BCUT2D eigenvalue weighted by Crippen LogP contribution is 2.30. The summed E-state index contributed by atoms with van der Waals surface area (Å²) in [6.07, 6.45) is 3.09. The number of benzene rings is 2. The van der Waals surface area contributed by atoms with Crippen molar-refractivity contribution in [3.8, 4) is 0 Å². The fourth-order valence-corrected chi connectivity index (χ4v) is 3.91. The highest BCUT2D eigenvalue weighted by Gasteiger charge is 2.23. The van der Waals surface area contributed by atoms with Crippen molar-refractivity contribution in [1.82, 2.24) is 9.47 Å². The fourth-order valence-electron chi connectivity index (χ4n) is 3.46. The number of amides is 1. The zero-order chi connectivity index (χ0) is 16.0. The van der Waals surface area contributed by atoms with Crippen LogP contribution >= 0.6 is 15.9 Å². The van der Waals surface area contributed by atoms with Crippen LogP contribution in [-0.4, -0.2) is 21.9 Å². The number of nitrogens with zero attached hydrogens (tertiary/aromatic N) is 2. The minimum absolute atomic E-state index is 0.0870. The number of hydrogen-bond acceptors (Lipinski definition) is 1. The predicted molar refractivity (Wildman–Crippen MR) is 95.5 cm³/mol. The van der Waals surface area contributed by atoms with Crippen molar-refractivity contribution in [1.29, 1.82) is 0 Å². The molecule has 3 nitrogen and oxygen atoms in total. The minimum atomic E-state index is 0.0870. The molecule has 1 aliphatic rings. The molecule has 0 aliphatic carbocycles. The Morgan fingerprint density at radius 1 is 1.09 bits per heavy atom. The van der Waals surface area contributed by atoms with Gasteiger partial charge in [-0.2, -0.15) is 0 Å². The number of aromatic nitrogens is 1. The van der Waals surface area contributed by atoms with Gasteiger partial charge < -0.3 is 9.47 Å². The first-order valence-corrected chi connectivity index (χ1v) is 8.54. The van der Waals surface area contributed by atoms with Gasteiger partial charge in [-0.15, -0.1) is 0 Å². The lowest BCUT2D eigenvalue weighted by atomic mass is 10.1. The lowest BCUT2D eigenvalue weighted by Crippen LogP contribution is -2.31.